The molecule has 1 fully saturated rings. The Balaban J connectivity index is 1.42. The number of hydrogen-bond donors (Lipinski definition) is 1. The number of nitrogens with one attached hydrogen (secondary N) is 1. The van der Waals surface area contributed by atoms with E-state index in [1.807, 2.05) is 72.8 Å². The predicted molar refractivity (Wildman–Crippen MR) is 154 cm³/mol. The molecule has 0 aliphatic carbocycles. The summed E-state index contributed by atoms with van der Waals surface area (Å²) < 4.78 is 11.0. The average molecular weight is 543 g/mol. The number of nitrogens with zero attached hydrogens (tertiary/aromatic N) is 1. The summed E-state index contributed by atoms with van der Waals surface area (Å²) >= 11 is 0. The third-order valence-corrected chi connectivity index (χ3v) is 6.75. The van der Waals surface area contributed by atoms with Crippen LogP contribution in [0.15, 0.2) is 84.9 Å². The van der Waals surface area contributed by atoms with E-state index in [4.69, 9.17) is 9.47 Å². The first-order valence-corrected chi connectivity index (χ1v) is 13.8. The van der Waals surface area contributed by atoms with Crippen LogP contribution in [0.4, 0.5) is 4.79 Å². The van der Waals surface area contributed by atoms with E-state index in [1.165, 1.54) is 0 Å². The largest absolute Gasteiger partial charge is 0.459 e. The molecule has 0 aromatic heterocycles. The Hall–Kier alpha value is -4.13. The highest BCUT2D eigenvalue weighted by Gasteiger charge is 2.36. The zero-order valence-electron chi connectivity index (χ0n) is 23.5. The number of rotatable bonds is 9. The average Bonchev–Trinajstić information content (AvgIpc) is 3.43. The smallest absolute Gasteiger partial charge is 0.407 e. The van der Waals surface area contributed by atoms with Crippen LogP contribution in [0.5, 0.6) is 0 Å². The first-order valence-electron chi connectivity index (χ1n) is 13.8. The molecule has 40 heavy (non-hydrogen) atoms. The third kappa shape index (κ3) is 8.43. The highest BCUT2D eigenvalue weighted by atomic mass is 16.6. The second-order valence-corrected chi connectivity index (χ2v) is 11.2. The Kier molecular flexibility index (Phi) is 9.59. The topological polar surface area (TPSA) is 84.9 Å². The summed E-state index contributed by atoms with van der Waals surface area (Å²) in [7, 11) is 0. The SMILES string of the molecule is CC(C)(C)OC(=O)N[C@H](CC(=O)N1CCC[C@H]1C(=O)OCc1ccccc1)Cc1ccc(-c2ccccc2)cc1. The summed E-state index contributed by atoms with van der Waals surface area (Å²) in [5.74, 6) is -0.594. The maximum absolute atomic E-state index is 13.5. The van der Waals surface area contributed by atoms with Crippen molar-refractivity contribution in [3.63, 3.8) is 0 Å². The molecule has 1 aliphatic rings. The minimum Gasteiger partial charge on any atom is -0.459 e. The van der Waals surface area contributed by atoms with E-state index in [-0.39, 0.29) is 18.9 Å². The van der Waals surface area contributed by atoms with Gasteiger partial charge in [0.05, 0.1) is 0 Å². The number of esters is 1. The summed E-state index contributed by atoms with van der Waals surface area (Å²) in [6, 6.07) is 26.5. The molecule has 0 unspecified atom stereocenters. The van der Waals surface area contributed by atoms with Crippen molar-refractivity contribution in [2.24, 2.45) is 0 Å². The molecule has 1 heterocycles. The van der Waals surface area contributed by atoms with E-state index in [2.05, 4.69) is 17.4 Å². The molecule has 0 radical (unpaired) electrons. The van der Waals surface area contributed by atoms with Crippen LogP contribution in [-0.2, 0) is 32.1 Å². The molecule has 3 aromatic carbocycles. The summed E-state index contributed by atoms with van der Waals surface area (Å²) in [6.07, 6.45) is 1.19. The van der Waals surface area contributed by atoms with E-state index < -0.39 is 29.7 Å². The maximum Gasteiger partial charge on any atom is 0.407 e. The van der Waals surface area contributed by atoms with Gasteiger partial charge in [0.1, 0.15) is 18.2 Å². The molecule has 3 aromatic rings. The van der Waals surface area contributed by atoms with Crippen molar-refractivity contribution in [2.45, 2.75) is 70.7 Å². The Morgan fingerprint density at radius 2 is 1.50 bits per heavy atom. The second-order valence-electron chi connectivity index (χ2n) is 11.2. The van der Waals surface area contributed by atoms with Gasteiger partial charge in [-0.2, -0.15) is 0 Å². The molecule has 210 valence electrons. The van der Waals surface area contributed by atoms with Gasteiger partial charge < -0.3 is 19.7 Å². The fourth-order valence-electron chi connectivity index (χ4n) is 4.86. The van der Waals surface area contributed by atoms with Crippen LogP contribution < -0.4 is 5.32 Å². The molecule has 2 atom stereocenters. The quantitative estimate of drug-likeness (QED) is 0.340. The Bertz CT molecular complexity index is 1270. The molecular formula is C33H38N2O5. The molecule has 0 bridgehead atoms. The fourth-order valence-corrected chi connectivity index (χ4v) is 4.86. The third-order valence-electron chi connectivity index (χ3n) is 6.75. The van der Waals surface area contributed by atoms with E-state index >= 15 is 0 Å². The van der Waals surface area contributed by atoms with Gasteiger partial charge in [-0.25, -0.2) is 9.59 Å². The van der Waals surface area contributed by atoms with Crippen LogP contribution in [0.3, 0.4) is 0 Å². The van der Waals surface area contributed by atoms with Crippen molar-refractivity contribution in [1.29, 1.82) is 0 Å². The maximum atomic E-state index is 13.5. The van der Waals surface area contributed by atoms with E-state index in [0.717, 1.165) is 28.7 Å². The molecule has 1 saturated heterocycles. The molecule has 2 amide bonds. The number of benzene rings is 3. The standard InChI is InChI=1S/C33H38N2O5/c1-33(2,3)40-32(38)34-28(21-24-16-18-27(19-17-24)26-13-8-5-9-14-26)22-30(36)35-20-10-15-29(35)31(37)39-23-25-11-6-4-7-12-25/h4-9,11-14,16-19,28-29H,10,15,20-23H2,1-3H3,(H,34,38)/t28-,29-/m0/s1. The fraction of sp³-hybridized carbons (Fsp3) is 0.364. The molecule has 0 saturated carbocycles. The Labute approximate surface area is 236 Å². The normalized spacial score (nSPS) is 15.8. The van der Waals surface area contributed by atoms with Crippen LogP contribution in [0, 0.1) is 0 Å². The molecular weight excluding hydrogens is 504 g/mol. The minimum absolute atomic E-state index is 0.0438. The van der Waals surface area contributed by atoms with Gasteiger partial charge in [0.25, 0.3) is 0 Å². The summed E-state index contributed by atoms with van der Waals surface area (Å²) in [5, 5.41) is 2.89. The van der Waals surface area contributed by atoms with Gasteiger partial charge in [-0.3, -0.25) is 4.79 Å². The minimum atomic E-state index is -0.668. The molecule has 7 heteroatoms. The monoisotopic (exact) mass is 542 g/mol. The lowest BCUT2D eigenvalue weighted by Gasteiger charge is -2.27. The Morgan fingerprint density at radius 1 is 0.875 bits per heavy atom. The zero-order valence-corrected chi connectivity index (χ0v) is 23.5. The summed E-state index contributed by atoms with van der Waals surface area (Å²) in [4.78, 5) is 40.6. The van der Waals surface area contributed by atoms with Crippen molar-refractivity contribution in [2.75, 3.05) is 6.54 Å². The lowest BCUT2D eigenvalue weighted by Crippen LogP contribution is -2.46. The van der Waals surface area contributed by atoms with Gasteiger partial charge in [-0.05, 0) is 62.3 Å². The lowest BCUT2D eigenvalue weighted by atomic mass is 9.99. The Morgan fingerprint density at radius 3 is 2.15 bits per heavy atom. The molecule has 1 aliphatic heterocycles. The molecule has 1 N–H and O–H groups in total. The van der Waals surface area contributed by atoms with Crippen LogP contribution >= 0.6 is 0 Å². The second kappa shape index (κ2) is 13.3. The van der Waals surface area contributed by atoms with Crippen molar-refractivity contribution in [3.05, 3.63) is 96.1 Å². The number of ether oxygens (including phenoxy) is 2. The molecule has 0 spiro atoms. The highest BCUT2D eigenvalue weighted by Crippen LogP contribution is 2.23. The van der Waals surface area contributed by atoms with E-state index in [1.54, 1.807) is 25.7 Å². The van der Waals surface area contributed by atoms with Crippen molar-refractivity contribution < 1.29 is 23.9 Å². The van der Waals surface area contributed by atoms with Gasteiger partial charge in [0.15, 0.2) is 0 Å². The number of amides is 2. The van der Waals surface area contributed by atoms with Crippen LogP contribution in [0.1, 0.15) is 51.2 Å². The summed E-state index contributed by atoms with van der Waals surface area (Å²) in [6.45, 7) is 6.04. The summed E-state index contributed by atoms with van der Waals surface area (Å²) in [5.41, 5.74) is 3.41. The lowest BCUT2D eigenvalue weighted by molar-refractivity contribution is -0.154. The first kappa shape index (κ1) is 28.9. The number of alkyl carbamates (subject to hydrolysis) is 1. The van der Waals surface area contributed by atoms with Gasteiger partial charge in [-0.15, -0.1) is 0 Å². The molecule has 4 rings (SSSR count). The van der Waals surface area contributed by atoms with Crippen LogP contribution in [0.2, 0.25) is 0 Å². The van der Waals surface area contributed by atoms with Crippen molar-refractivity contribution >= 4 is 18.0 Å². The predicted octanol–water partition coefficient (Wildman–Crippen LogP) is 5.91. The van der Waals surface area contributed by atoms with Crippen LogP contribution in [0.25, 0.3) is 11.1 Å². The number of carbonyl (C=O) groups excluding carboxylic acids is 3. The van der Waals surface area contributed by atoms with Gasteiger partial charge >= 0.3 is 12.1 Å². The van der Waals surface area contributed by atoms with Gasteiger partial charge in [-0.1, -0.05) is 84.9 Å². The molecule has 7 nitrogen and oxygen atoms in total. The zero-order chi connectivity index (χ0) is 28.5. The number of carbonyl (C=O) groups is 3. The van der Waals surface area contributed by atoms with Crippen LogP contribution in [-0.4, -0.2) is 47.1 Å². The van der Waals surface area contributed by atoms with Crippen molar-refractivity contribution in [1.82, 2.24) is 10.2 Å². The van der Waals surface area contributed by atoms with E-state index in [0.29, 0.717) is 19.4 Å². The van der Waals surface area contributed by atoms with Crippen molar-refractivity contribution in [3.8, 4) is 11.1 Å². The first-order chi connectivity index (χ1) is 19.2. The van der Waals surface area contributed by atoms with Gasteiger partial charge in [0.2, 0.25) is 5.91 Å². The van der Waals surface area contributed by atoms with E-state index in [9.17, 15) is 14.4 Å². The number of likely N-dealkylation sites (tertiary alicyclic amines) is 1. The highest BCUT2D eigenvalue weighted by molar-refractivity contribution is 5.86. The van der Waals surface area contributed by atoms with Gasteiger partial charge in [0, 0.05) is 19.0 Å². The number of hydrogen-bond acceptors (Lipinski definition) is 5.